The molecule has 4 heteroatoms. The summed E-state index contributed by atoms with van der Waals surface area (Å²) in [5.74, 6) is -0.499. The molecular formula is C8H12N2O2. The second-order valence-electron chi connectivity index (χ2n) is 3.69. The molecule has 66 valence electrons. The molecule has 1 amide bonds. The summed E-state index contributed by atoms with van der Waals surface area (Å²) in [6.07, 6.45) is 1.28. The SMILES string of the molecule is CC(C)(C)c1nocc1C(N)=O. The Morgan fingerprint density at radius 2 is 2.17 bits per heavy atom. The molecule has 12 heavy (non-hydrogen) atoms. The van der Waals surface area contributed by atoms with Crippen LogP contribution in [-0.2, 0) is 5.41 Å². The van der Waals surface area contributed by atoms with Gasteiger partial charge in [-0.05, 0) is 0 Å². The van der Waals surface area contributed by atoms with Crippen molar-refractivity contribution in [2.45, 2.75) is 26.2 Å². The predicted molar refractivity (Wildman–Crippen MR) is 43.7 cm³/mol. The maximum Gasteiger partial charge on any atom is 0.253 e. The first-order valence-electron chi connectivity index (χ1n) is 3.67. The van der Waals surface area contributed by atoms with Crippen LogP contribution in [0, 0.1) is 0 Å². The third-order valence-corrected chi connectivity index (χ3v) is 1.55. The molecule has 1 aromatic heterocycles. The lowest BCUT2D eigenvalue weighted by atomic mass is 9.89. The van der Waals surface area contributed by atoms with Crippen molar-refractivity contribution in [1.82, 2.24) is 5.16 Å². The molecule has 0 bridgehead atoms. The van der Waals surface area contributed by atoms with Gasteiger partial charge in [-0.1, -0.05) is 25.9 Å². The van der Waals surface area contributed by atoms with Crippen LogP contribution in [0.2, 0.25) is 0 Å². The van der Waals surface area contributed by atoms with E-state index in [1.807, 2.05) is 20.8 Å². The van der Waals surface area contributed by atoms with Gasteiger partial charge in [0.15, 0.2) is 0 Å². The molecule has 0 saturated carbocycles. The minimum Gasteiger partial charge on any atom is -0.365 e. The molecule has 1 heterocycles. The zero-order valence-electron chi connectivity index (χ0n) is 7.42. The summed E-state index contributed by atoms with van der Waals surface area (Å²) in [6, 6.07) is 0. The van der Waals surface area contributed by atoms with Gasteiger partial charge >= 0.3 is 0 Å². The van der Waals surface area contributed by atoms with Crippen LogP contribution in [0.3, 0.4) is 0 Å². The van der Waals surface area contributed by atoms with Crippen molar-refractivity contribution in [3.63, 3.8) is 0 Å². The Bertz CT molecular complexity index is 296. The summed E-state index contributed by atoms with van der Waals surface area (Å²) in [6.45, 7) is 5.83. The van der Waals surface area contributed by atoms with E-state index in [2.05, 4.69) is 9.68 Å². The number of carbonyl (C=O) groups excluding carboxylic acids is 1. The average Bonchev–Trinajstić information content (AvgIpc) is 2.30. The quantitative estimate of drug-likeness (QED) is 0.681. The normalized spacial score (nSPS) is 11.6. The summed E-state index contributed by atoms with van der Waals surface area (Å²) in [4.78, 5) is 10.9. The second kappa shape index (κ2) is 2.62. The van der Waals surface area contributed by atoms with Gasteiger partial charge in [0.05, 0.1) is 0 Å². The largest absolute Gasteiger partial charge is 0.365 e. The van der Waals surface area contributed by atoms with Crippen molar-refractivity contribution in [2.24, 2.45) is 5.73 Å². The number of nitrogens with two attached hydrogens (primary N) is 1. The van der Waals surface area contributed by atoms with E-state index in [0.29, 0.717) is 11.3 Å². The van der Waals surface area contributed by atoms with E-state index in [0.717, 1.165) is 0 Å². The zero-order chi connectivity index (χ0) is 9.35. The van der Waals surface area contributed by atoms with E-state index in [9.17, 15) is 4.79 Å². The lowest BCUT2D eigenvalue weighted by molar-refractivity contribution is 0.0998. The monoisotopic (exact) mass is 168 g/mol. The maximum atomic E-state index is 10.9. The summed E-state index contributed by atoms with van der Waals surface area (Å²) in [5.41, 5.74) is 5.88. The molecular weight excluding hydrogens is 156 g/mol. The van der Waals surface area contributed by atoms with Crippen LogP contribution in [0.15, 0.2) is 10.8 Å². The molecule has 0 atom stereocenters. The summed E-state index contributed by atoms with van der Waals surface area (Å²) < 4.78 is 4.68. The third-order valence-electron chi connectivity index (χ3n) is 1.55. The number of carbonyl (C=O) groups is 1. The Balaban J connectivity index is 3.17. The molecule has 2 N–H and O–H groups in total. The molecule has 0 unspecified atom stereocenters. The molecule has 1 rings (SSSR count). The minimum atomic E-state index is -0.499. The van der Waals surface area contributed by atoms with Crippen LogP contribution in [0.1, 0.15) is 36.8 Å². The molecule has 0 fully saturated rings. The lowest BCUT2D eigenvalue weighted by Crippen LogP contribution is -2.20. The summed E-state index contributed by atoms with van der Waals surface area (Å²) in [5, 5.41) is 3.73. The number of amides is 1. The van der Waals surface area contributed by atoms with Crippen molar-refractivity contribution < 1.29 is 9.32 Å². The van der Waals surface area contributed by atoms with Gasteiger partial charge in [0.2, 0.25) is 0 Å². The van der Waals surface area contributed by atoms with E-state index in [1.165, 1.54) is 6.26 Å². The van der Waals surface area contributed by atoms with Crippen LogP contribution in [0.5, 0.6) is 0 Å². The van der Waals surface area contributed by atoms with Crippen molar-refractivity contribution in [2.75, 3.05) is 0 Å². The standard InChI is InChI=1S/C8H12N2O2/c1-8(2,3)6-5(7(9)11)4-12-10-6/h4H,1-3H3,(H2,9,11). The zero-order valence-corrected chi connectivity index (χ0v) is 7.42. The van der Waals surface area contributed by atoms with E-state index in [-0.39, 0.29) is 5.41 Å². The fraction of sp³-hybridized carbons (Fsp3) is 0.500. The highest BCUT2D eigenvalue weighted by Crippen LogP contribution is 2.23. The lowest BCUT2D eigenvalue weighted by Gasteiger charge is -2.14. The number of aromatic nitrogens is 1. The van der Waals surface area contributed by atoms with Crippen LogP contribution in [-0.4, -0.2) is 11.1 Å². The highest BCUT2D eigenvalue weighted by molar-refractivity contribution is 5.93. The smallest absolute Gasteiger partial charge is 0.253 e. The van der Waals surface area contributed by atoms with E-state index in [1.54, 1.807) is 0 Å². The van der Waals surface area contributed by atoms with Crippen LogP contribution >= 0.6 is 0 Å². The van der Waals surface area contributed by atoms with Crippen LogP contribution in [0.25, 0.3) is 0 Å². The van der Waals surface area contributed by atoms with Gasteiger partial charge in [0.25, 0.3) is 5.91 Å². The van der Waals surface area contributed by atoms with Crippen molar-refractivity contribution in [3.8, 4) is 0 Å². The summed E-state index contributed by atoms with van der Waals surface area (Å²) >= 11 is 0. The molecule has 0 aliphatic heterocycles. The molecule has 0 aromatic carbocycles. The van der Waals surface area contributed by atoms with Crippen molar-refractivity contribution >= 4 is 5.91 Å². The van der Waals surface area contributed by atoms with E-state index >= 15 is 0 Å². The number of hydrogen-bond acceptors (Lipinski definition) is 3. The average molecular weight is 168 g/mol. The first-order valence-corrected chi connectivity index (χ1v) is 3.67. The molecule has 0 saturated heterocycles. The van der Waals surface area contributed by atoms with Gasteiger partial charge in [0, 0.05) is 5.41 Å². The molecule has 1 aromatic rings. The Morgan fingerprint density at radius 3 is 2.50 bits per heavy atom. The van der Waals surface area contributed by atoms with Gasteiger partial charge < -0.3 is 10.3 Å². The third kappa shape index (κ3) is 1.47. The minimum absolute atomic E-state index is 0.211. The fourth-order valence-corrected chi connectivity index (χ4v) is 0.952. The number of nitrogens with zero attached hydrogens (tertiary/aromatic N) is 1. The molecule has 4 nitrogen and oxygen atoms in total. The van der Waals surface area contributed by atoms with Crippen LogP contribution < -0.4 is 5.73 Å². The van der Waals surface area contributed by atoms with Crippen molar-refractivity contribution in [1.29, 1.82) is 0 Å². The summed E-state index contributed by atoms with van der Waals surface area (Å²) in [7, 11) is 0. The van der Waals surface area contributed by atoms with Gasteiger partial charge in [-0.2, -0.15) is 0 Å². The Hall–Kier alpha value is -1.32. The topological polar surface area (TPSA) is 69.1 Å². The number of primary amides is 1. The number of hydrogen-bond donors (Lipinski definition) is 1. The first-order chi connectivity index (χ1) is 5.43. The fourth-order valence-electron chi connectivity index (χ4n) is 0.952. The second-order valence-corrected chi connectivity index (χ2v) is 3.69. The predicted octanol–water partition coefficient (Wildman–Crippen LogP) is 1.07. The van der Waals surface area contributed by atoms with Gasteiger partial charge in [-0.3, -0.25) is 4.79 Å². The Morgan fingerprint density at radius 1 is 1.58 bits per heavy atom. The first kappa shape index (κ1) is 8.77. The Labute approximate surface area is 70.7 Å². The van der Waals surface area contributed by atoms with Gasteiger partial charge in [0.1, 0.15) is 17.5 Å². The highest BCUT2D eigenvalue weighted by Gasteiger charge is 2.24. The van der Waals surface area contributed by atoms with Crippen LogP contribution in [0.4, 0.5) is 0 Å². The number of rotatable bonds is 1. The molecule has 0 spiro atoms. The highest BCUT2D eigenvalue weighted by atomic mass is 16.5. The van der Waals surface area contributed by atoms with Gasteiger partial charge in [-0.15, -0.1) is 0 Å². The molecule has 0 radical (unpaired) electrons. The van der Waals surface area contributed by atoms with E-state index < -0.39 is 5.91 Å². The van der Waals surface area contributed by atoms with Crippen molar-refractivity contribution in [3.05, 3.63) is 17.5 Å². The molecule has 0 aliphatic rings. The molecule has 0 aliphatic carbocycles. The van der Waals surface area contributed by atoms with Gasteiger partial charge in [-0.25, -0.2) is 0 Å². The van der Waals surface area contributed by atoms with E-state index in [4.69, 9.17) is 5.73 Å². The Kier molecular flexibility index (Phi) is 1.92. The maximum absolute atomic E-state index is 10.9.